The maximum atomic E-state index is 6.98. The number of rotatable bonds is 2. The first-order valence-corrected chi connectivity index (χ1v) is 34.3. The first-order valence-electron chi connectivity index (χ1n) is 7.56. The molecule has 0 atom stereocenters. The van der Waals surface area contributed by atoms with Gasteiger partial charge in [0.15, 0.2) is 0 Å². The van der Waals surface area contributed by atoms with Crippen molar-refractivity contribution in [1.29, 1.82) is 0 Å². The second-order valence-corrected chi connectivity index (χ2v) is 110. The molecule has 0 aromatic heterocycles. The van der Waals surface area contributed by atoms with E-state index in [4.69, 9.17) is 38.8 Å². The van der Waals surface area contributed by atoms with Crippen molar-refractivity contribution in [3.63, 3.8) is 0 Å². The summed E-state index contributed by atoms with van der Waals surface area (Å²) in [5, 5.41) is 0. The molecule has 0 unspecified atom stereocenters. The number of hydrogen-bond acceptors (Lipinski definition) is 0. The molecule has 2 aliphatic carbocycles. The van der Waals surface area contributed by atoms with Crippen LogP contribution in [0.3, 0.4) is 0 Å². The van der Waals surface area contributed by atoms with E-state index in [1.165, 1.54) is 0 Å². The van der Waals surface area contributed by atoms with Gasteiger partial charge in [0.1, 0.15) is 0 Å². The molecular weight excluding hydrogens is 588 g/mol. The van der Waals surface area contributed by atoms with E-state index >= 15 is 0 Å². The average Bonchev–Trinajstić information content (AvgIpc) is 2.83. The van der Waals surface area contributed by atoms with Gasteiger partial charge in [0.2, 0.25) is 0 Å². The Morgan fingerprint density at radius 1 is 0.423 bits per heavy atom. The van der Waals surface area contributed by atoms with E-state index < -0.39 is 16.2 Å². The summed E-state index contributed by atoms with van der Waals surface area (Å²) < 4.78 is 0.243. The van der Waals surface area contributed by atoms with E-state index in [1.807, 2.05) is 79.5 Å². The Bertz CT molecular complexity index is 723. The molecule has 0 amide bonds. The second kappa shape index (κ2) is 3.33. The Morgan fingerprint density at radius 3 is 0.654 bits per heavy atom. The third-order valence-electron chi connectivity index (χ3n) is 3.93. The van der Waals surface area contributed by atoms with E-state index in [-0.39, 0.29) is 9.02 Å². The van der Waals surface area contributed by atoms with Crippen LogP contribution in [0.5, 0.6) is 0 Å². The summed E-state index contributed by atoms with van der Waals surface area (Å²) in [6, 6.07) is 0. The number of hydrogen-bond donors (Lipinski definition) is 0. The molecule has 2 aliphatic rings. The summed E-state index contributed by atoms with van der Waals surface area (Å²) in [5.41, 5.74) is 20.3. The van der Waals surface area contributed by atoms with Crippen LogP contribution in [0.25, 0.3) is 0 Å². The zero-order valence-electron chi connectivity index (χ0n) is 18.0. The molecule has 0 aliphatic heterocycles. The summed E-state index contributed by atoms with van der Waals surface area (Å²) in [7, 11) is 18.8. The van der Waals surface area contributed by atoms with Crippen molar-refractivity contribution in [1.82, 2.24) is 0 Å². The zero-order chi connectivity index (χ0) is 21.5. The molecule has 0 aromatic rings. The van der Waals surface area contributed by atoms with Gasteiger partial charge in [0.05, 0.1) is 0 Å². The topological polar surface area (TPSA) is 0 Å². The predicted molar refractivity (Wildman–Crippen MR) is 126 cm³/mol. The Hall–Kier alpha value is 1.37. The average molecular weight is 628 g/mol. The van der Waals surface area contributed by atoms with Crippen molar-refractivity contribution in [2.24, 2.45) is 0 Å². The molecular formula is C20H40Cl4Rh2. The third-order valence-corrected chi connectivity index (χ3v) is 21.7. The van der Waals surface area contributed by atoms with Crippen LogP contribution in [-0.2, 0) is 16.2 Å². The Labute approximate surface area is 166 Å². The van der Waals surface area contributed by atoms with Crippen LogP contribution < -0.4 is 0 Å². The van der Waals surface area contributed by atoms with Crippen LogP contribution in [0, 0.1) is 0 Å². The fraction of sp³-hybridized carbons (Fsp3) is 0.600. The molecule has 0 aromatic carbocycles. The van der Waals surface area contributed by atoms with E-state index in [0.717, 1.165) is 0 Å². The molecule has 0 spiro atoms. The summed E-state index contributed by atoms with van der Waals surface area (Å²) in [6.07, 6.45) is 16.4. The summed E-state index contributed by atoms with van der Waals surface area (Å²) in [4.78, 5) is 0. The molecule has 0 nitrogen and oxygen atoms in total. The number of allylic oxidation sites excluding steroid dienone is 8. The predicted octanol–water partition coefficient (Wildman–Crippen LogP) is 11.5. The van der Waals surface area contributed by atoms with Crippen LogP contribution in [0.1, 0.15) is 0 Å². The van der Waals surface area contributed by atoms with Crippen molar-refractivity contribution in [3.8, 4) is 0 Å². The SMILES string of the molecule is [CH3][Rh]([CH3])([CH3])([CH3])([CH3])([Cl])([Cl])[CH]1C=CC=C1.[CH3][Rh]([CH3])([CH3])([CH3])([CH3])([Cl])([Cl])[CH]1C=CC=C1. The van der Waals surface area contributed by atoms with E-state index in [1.54, 1.807) is 0 Å². The van der Waals surface area contributed by atoms with Crippen molar-refractivity contribution < 1.29 is 16.2 Å². The van der Waals surface area contributed by atoms with Gasteiger partial charge in [-0.2, -0.15) is 0 Å². The third kappa shape index (κ3) is 8.01. The van der Waals surface area contributed by atoms with Crippen LogP contribution >= 0.6 is 38.8 Å². The first-order chi connectivity index (χ1) is 9.99. The van der Waals surface area contributed by atoms with E-state index in [9.17, 15) is 0 Å². The second-order valence-electron chi connectivity index (χ2n) is 13.9. The van der Waals surface area contributed by atoms with E-state index in [2.05, 4.69) is 24.3 Å². The van der Waals surface area contributed by atoms with Crippen molar-refractivity contribution in [2.75, 3.05) is 0 Å². The molecule has 0 radical (unpaired) electrons. The van der Waals surface area contributed by atoms with Crippen LogP contribution in [0.15, 0.2) is 48.6 Å². The minimum absolute atomic E-state index is 0.121. The van der Waals surface area contributed by atoms with Gasteiger partial charge in [-0.05, 0) is 0 Å². The summed E-state index contributed by atoms with van der Waals surface area (Å²) in [5.74, 6) is 0. The Morgan fingerprint density at radius 2 is 0.577 bits per heavy atom. The first kappa shape index (κ1) is 25.4. The van der Waals surface area contributed by atoms with Gasteiger partial charge >= 0.3 is 168 Å². The Kier molecular flexibility index (Phi) is 3.25. The standard InChI is InChI=1S/2C5H5.10CH3.4ClH.2Rh/c2*1-2-4-5-3-1;;;;;;;;;;;;;;;;/h2*1-5H;10*1H3;4*1H;;/q;;;;;;;;;;;;;;;;2*+2/p-4. The Balaban J connectivity index is 0.000000260. The zero-order valence-corrected chi connectivity index (χ0v) is 24.3. The summed E-state index contributed by atoms with van der Waals surface area (Å²) >= 11 is 0. The molecule has 0 bridgehead atoms. The van der Waals surface area contributed by atoms with Gasteiger partial charge in [0, 0.05) is 0 Å². The van der Waals surface area contributed by atoms with Gasteiger partial charge in [-0.3, -0.25) is 0 Å². The molecule has 0 N–H and O–H groups in total. The fourth-order valence-electron chi connectivity index (χ4n) is 2.27. The minimum atomic E-state index is -4.56. The quantitative estimate of drug-likeness (QED) is 0.267. The van der Waals surface area contributed by atoms with Gasteiger partial charge in [0.25, 0.3) is 0 Å². The van der Waals surface area contributed by atoms with E-state index in [0.29, 0.717) is 0 Å². The van der Waals surface area contributed by atoms with Gasteiger partial charge in [-0.15, -0.1) is 0 Å². The molecule has 2 rings (SSSR count). The van der Waals surface area contributed by atoms with Crippen LogP contribution in [-0.4, -0.2) is 0 Å². The van der Waals surface area contributed by atoms with Gasteiger partial charge in [-0.1, -0.05) is 0 Å². The van der Waals surface area contributed by atoms with Crippen molar-refractivity contribution >= 4 is 38.8 Å². The van der Waals surface area contributed by atoms with Crippen LogP contribution in [0.2, 0.25) is 64.2 Å². The molecule has 0 saturated heterocycles. The van der Waals surface area contributed by atoms with Gasteiger partial charge < -0.3 is 0 Å². The van der Waals surface area contributed by atoms with Gasteiger partial charge in [-0.25, -0.2) is 0 Å². The maximum absolute atomic E-state index is 6.98. The summed E-state index contributed by atoms with van der Waals surface area (Å²) in [6.45, 7) is 0. The fourth-order valence-corrected chi connectivity index (χ4v) is 12.6. The molecule has 6 heteroatoms. The molecule has 0 heterocycles. The monoisotopic (exact) mass is 626 g/mol. The van der Waals surface area contributed by atoms with Crippen molar-refractivity contribution in [3.05, 3.63) is 48.6 Å². The number of halogens is 4. The normalized spacial score (nSPS) is 30.4. The molecule has 0 fully saturated rings. The molecule has 26 heavy (non-hydrogen) atoms. The molecule has 0 saturated carbocycles. The van der Waals surface area contributed by atoms with Crippen LogP contribution in [0.4, 0.5) is 0 Å². The molecule has 166 valence electrons. The van der Waals surface area contributed by atoms with Crippen molar-refractivity contribution in [2.45, 2.75) is 64.2 Å².